The Bertz CT molecular complexity index is 429. The van der Waals surface area contributed by atoms with E-state index in [1.165, 1.54) is 16.7 Å². The molecule has 1 aromatic carbocycles. The second-order valence-corrected chi connectivity index (χ2v) is 3.47. The Kier molecular flexibility index (Phi) is 4.96. The lowest BCUT2D eigenvalue weighted by molar-refractivity contribution is 0.818. The molecule has 0 atom stereocenters. The quantitative estimate of drug-likeness (QED) is 0.884. The molecule has 0 aliphatic heterocycles. The molecule has 1 aromatic heterocycles. The Hall–Kier alpha value is -1.38. The van der Waals surface area contributed by atoms with Gasteiger partial charge in [0, 0.05) is 18.9 Å². The standard InChI is InChI=1S/C13H14N2.ClH/c1-14-10-11-3-2-4-13(9-11)12-5-7-15-8-6-12;/h2-9,14H,10H2,1H3;1H. The van der Waals surface area contributed by atoms with E-state index in [0.29, 0.717) is 0 Å². The predicted molar refractivity (Wildman–Crippen MR) is 69.7 cm³/mol. The van der Waals surface area contributed by atoms with E-state index in [1.54, 1.807) is 0 Å². The van der Waals surface area contributed by atoms with E-state index in [0.717, 1.165) is 6.54 Å². The molecule has 0 fully saturated rings. The number of halogens is 1. The van der Waals surface area contributed by atoms with Crippen LogP contribution in [0.25, 0.3) is 11.1 Å². The highest BCUT2D eigenvalue weighted by Crippen LogP contribution is 2.19. The summed E-state index contributed by atoms with van der Waals surface area (Å²) in [6, 6.07) is 12.6. The third-order valence-electron chi connectivity index (χ3n) is 2.32. The first-order chi connectivity index (χ1) is 7.40. The summed E-state index contributed by atoms with van der Waals surface area (Å²) in [5.74, 6) is 0. The van der Waals surface area contributed by atoms with Gasteiger partial charge in [0.05, 0.1) is 0 Å². The van der Waals surface area contributed by atoms with Crippen LogP contribution in [-0.4, -0.2) is 12.0 Å². The van der Waals surface area contributed by atoms with Crippen LogP contribution in [0.15, 0.2) is 48.8 Å². The minimum atomic E-state index is 0. The van der Waals surface area contributed by atoms with Gasteiger partial charge in [-0.1, -0.05) is 18.2 Å². The molecule has 0 bridgehead atoms. The zero-order chi connectivity index (χ0) is 10.5. The third-order valence-corrected chi connectivity index (χ3v) is 2.32. The Morgan fingerprint density at radius 1 is 1.06 bits per heavy atom. The smallest absolute Gasteiger partial charge is 0.0273 e. The van der Waals surface area contributed by atoms with Crippen LogP contribution in [0.4, 0.5) is 0 Å². The fraction of sp³-hybridized carbons (Fsp3) is 0.154. The molecule has 0 spiro atoms. The van der Waals surface area contributed by atoms with Gasteiger partial charge in [0.15, 0.2) is 0 Å². The van der Waals surface area contributed by atoms with Crippen LogP contribution in [0.5, 0.6) is 0 Å². The molecular weight excluding hydrogens is 220 g/mol. The van der Waals surface area contributed by atoms with E-state index in [4.69, 9.17) is 0 Å². The summed E-state index contributed by atoms with van der Waals surface area (Å²) in [5.41, 5.74) is 3.75. The zero-order valence-corrected chi connectivity index (χ0v) is 10.00. The molecule has 0 aliphatic carbocycles. The van der Waals surface area contributed by atoms with Crippen molar-refractivity contribution in [1.82, 2.24) is 10.3 Å². The molecule has 0 saturated heterocycles. The van der Waals surface area contributed by atoms with E-state index in [9.17, 15) is 0 Å². The minimum Gasteiger partial charge on any atom is -0.316 e. The molecule has 1 N–H and O–H groups in total. The maximum Gasteiger partial charge on any atom is 0.0273 e. The van der Waals surface area contributed by atoms with Crippen LogP contribution in [0.2, 0.25) is 0 Å². The minimum absolute atomic E-state index is 0. The Morgan fingerprint density at radius 3 is 2.50 bits per heavy atom. The molecule has 0 aliphatic rings. The molecule has 2 aromatic rings. The summed E-state index contributed by atoms with van der Waals surface area (Å²) >= 11 is 0. The largest absolute Gasteiger partial charge is 0.316 e. The van der Waals surface area contributed by atoms with Crippen LogP contribution in [0, 0.1) is 0 Å². The van der Waals surface area contributed by atoms with E-state index < -0.39 is 0 Å². The van der Waals surface area contributed by atoms with Crippen molar-refractivity contribution < 1.29 is 0 Å². The summed E-state index contributed by atoms with van der Waals surface area (Å²) in [6.45, 7) is 0.902. The molecule has 0 saturated carbocycles. The number of nitrogens with zero attached hydrogens (tertiary/aromatic N) is 1. The topological polar surface area (TPSA) is 24.9 Å². The zero-order valence-electron chi connectivity index (χ0n) is 9.18. The molecule has 1 heterocycles. The average Bonchev–Trinajstić information content (AvgIpc) is 2.31. The Morgan fingerprint density at radius 2 is 1.81 bits per heavy atom. The van der Waals surface area contributed by atoms with Crippen molar-refractivity contribution in [1.29, 1.82) is 0 Å². The average molecular weight is 235 g/mol. The van der Waals surface area contributed by atoms with Crippen molar-refractivity contribution in [3.8, 4) is 11.1 Å². The number of pyridine rings is 1. The van der Waals surface area contributed by atoms with Crippen molar-refractivity contribution in [2.75, 3.05) is 7.05 Å². The highest BCUT2D eigenvalue weighted by Gasteiger charge is 1.97. The van der Waals surface area contributed by atoms with Gasteiger partial charge in [-0.25, -0.2) is 0 Å². The number of aromatic nitrogens is 1. The van der Waals surface area contributed by atoms with Gasteiger partial charge < -0.3 is 5.32 Å². The summed E-state index contributed by atoms with van der Waals surface area (Å²) in [6.07, 6.45) is 3.64. The Balaban J connectivity index is 0.00000128. The van der Waals surface area contributed by atoms with Gasteiger partial charge >= 0.3 is 0 Å². The van der Waals surface area contributed by atoms with Crippen LogP contribution in [-0.2, 0) is 6.54 Å². The molecule has 3 heteroatoms. The molecular formula is C13H15ClN2. The van der Waals surface area contributed by atoms with Gasteiger partial charge in [-0.3, -0.25) is 4.98 Å². The molecule has 2 nitrogen and oxygen atoms in total. The van der Waals surface area contributed by atoms with Crippen LogP contribution in [0.3, 0.4) is 0 Å². The number of hydrogen-bond acceptors (Lipinski definition) is 2. The fourth-order valence-corrected chi connectivity index (χ4v) is 1.61. The Labute approximate surface area is 102 Å². The summed E-state index contributed by atoms with van der Waals surface area (Å²) in [5, 5.41) is 3.15. The number of nitrogens with one attached hydrogen (secondary N) is 1. The lowest BCUT2D eigenvalue weighted by atomic mass is 10.0. The second kappa shape index (κ2) is 6.26. The molecule has 84 valence electrons. The van der Waals surface area contributed by atoms with Gasteiger partial charge in [0.2, 0.25) is 0 Å². The number of hydrogen-bond donors (Lipinski definition) is 1. The third kappa shape index (κ3) is 3.05. The van der Waals surface area contributed by atoms with Crippen molar-refractivity contribution in [2.24, 2.45) is 0 Å². The van der Waals surface area contributed by atoms with Crippen LogP contribution in [0.1, 0.15) is 5.56 Å². The van der Waals surface area contributed by atoms with Crippen molar-refractivity contribution in [3.05, 3.63) is 54.4 Å². The van der Waals surface area contributed by atoms with Gasteiger partial charge in [-0.2, -0.15) is 0 Å². The van der Waals surface area contributed by atoms with E-state index in [-0.39, 0.29) is 12.4 Å². The maximum atomic E-state index is 4.02. The maximum absolute atomic E-state index is 4.02. The molecule has 16 heavy (non-hydrogen) atoms. The fourth-order valence-electron chi connectivity index (χ4n) is 1.61. The molecule has 2 rings (SSSR count). The van der Waals surface area contributed by atoms with Crippen molar-refractivity contribution >= 4 is 12.4 Å². The number of rotatable bonds is 3. The summed E-state index contributed by atoms with van der Waals surface area (Å²) < 4.78 is 0. The first kappa shape index (κ1) is 12.7. The SMILES string of the molecule is CNCc1cccc(-c2ccncc2)c1.Cl. The molecule has 0 radical (unpaired) electrons. The number of benzene rings is 1. The van der Waals surface area contributed by atoms with E-state index in [2.05, 4.69) is 34.6 Å². The normalized spacial score (nSPS) is 9.56. The van der Waals surface area contributed by atoms with Crippen molar-refractivity contribution in [2.45, 2.75) is 6.54 Å². The van der Waals surface area contributed by atoms with Gasteiger partial charge in [0.25, 0.3) is 0 Å². The first-order valence-electron chi connectivity index (χ1n) is 5.04. The lowest BCUT2D eigenvalue weighted by Crippen LogP contribution is -2.04. The monoisotopic (exact) mass is 234 g/mol. The van der Waals surface area contributed by atoms with E-state index in [1.807, 2.05) is 31.6 Å². The summed E-state index contributed by atoms with van der Waals surface area (Å²) in [4.78, 5) is 4.02. The van der Waals surface area contributed by atoms with Gasteiger partial charge in [-0.15, -0.1) is 12.4 Å². The first-order valence-corrected chi connectivity index (χ1v) is 5.04. The van der Waals surface area contributed by atoms with Crippen molar-refractivity contribution in [3.63, 3.8) is 0 Å². The van der Waals surface area contributed by atoms with Crippen LogP contribution >= 0.6 is 12.4 Å². The predicted octanol–water partition coefficient (Wildman–Crippen LogP) is 2.89. The highest BCUT2D eigenvalue weighted by atomic mass is 35.5. The highest BCUT2D eigenvalue weighted by molar-refractivity contribution is 5.85. The van der Waals surface area contributed by atoms with Gasteiger partial charge in [0.1, 0.15) is 0 Å². The summed E-state index contributed by atoms with van der Waals surface area (Å²) in [7, 11) is 1.96. The lowest BCUT2D eigenvalue weighted by Gasteiger charge is -2.04. The van der Waals surface area contributed by atoms with Crippen LogP contribution < -0.4 is 5.32 Å². The second-order valence-electron chi connectivity index (χ2n) is 3.47. The van der Waals surface area contributed by atoms with Gasteiger partial charge in [-0.05, 0) is 41.9 Å². The van der Waals surface area contributed by atoms with E-state index >= 15 is 0 Å². The molecule has 0 unspecified atom stereocenters. The molecule has 0 amide bonds.